The summed E-state index contributed by atoms with van der Waals surface area (Å²) in [5, 5.41) is 67.6. The molecule has 0 aromatic rings. The maximum Gasteiger partial charge on any atom is 2.00 e. The first-order valence-corrected chi connectivity index (χ1v) is 4.48. The fourth-order valence-electron chi connectivity index (χ4n) is 0.356. The molecule has 0 amide bonds. The number of hydrogen-bond acceptors (Lipinski definition) is 9. The standard InChI is InChI=1S/C6H14O3.2BO3.3Zn/c1-5(8)4-9-6(2)3-7;2*2-1(3)4;;;/h5-8H,3-4H2,1-2H3;;;;;/q;2*-3;3*+2. The molecule has 0 saturated heterocycles. The molecule has 0 bridgehead atoms. The van der Waals surface area contributed by atoms with Crippen LogP contribution in [0, 0.1) is 0 Å². The van der Waals surface area contributed by atoms with E-state index in [1.165, 1.54) is 0 Å². The van der Waals surface area contributed by atoms with Crippen LogP contribution in [0.2, 0.25) is 0 Å². The van der Waals surface area contributed by atoms with Crippen LogP contribution < -0.4 is 30.1 Å². The summed E-state index contributed by atoms with van der Waals surface area (Å²) in [6.45, 7) is 3.70. The number of hydrogen-bond donors (Lipinski definition) is 2. The minimum Gasteiger partial charge on any atom is -0.907 e. The number of aliphatic hydroxyl groups excluding tert-OH is 2. The van der Waals surface area contributed by atoms with E-state index in [1.54, 1.807) is 13.8 Å². The normalized spacial score (nSPS) is 10.5. The molecule has 104 valence electrons. The van der Waals surface area contributed by atoms with Crippen LogP contribution in [-0.2, 0) is 63.2 Å². The first kappa shape index (κ1) is 37.7. The Bertz CT molecular complexity index is 135. The molecule has 0 aliphatic rings. The predicted octanol–water partition coefficient (Wildman–Crippen LogP) is -8.14. The summed E-state index contributed by atoms with van der Waals surface area (Å²) in [5.74, 6) is 0. The topological polar surface area (TPSA) is 188 Å². The van der Waals surface area contributed by atoms with Gasteiger partial charge in [0, 0.05) is 0 Å². The van der Waals surface area contributed by atoms with Gasteiger partial charge < -0.3 is 45.1 Å². The molecule has 2 unspecified atom stereocenters. The van der Waals surface area contributed by atoms with Crippen LogP contribution in [0.15, 0.2) is 0 Å². The third kappa shape index (κ3) is 91.4. The molecule has 0 rings (SSSR count). The van der Waals surface area contributed by atoms with Crippen molar-refractivity contribution in [2.45, 2.75) is 26.1 Å². The van der Waals surface area contributed by atoms with E-state index in [4.69, 9.17) is 45.1 Å². The van der Waals surface area contributed by atoms with E-state index in [0.717, 1.165) is 0 Å². The summed E-state index contributed by atoms with van der Waals surface area (Å²) in [6.07, 6.45) is -0.612. The quantitative estimate of drug-likeness (QED) is 0.394. The summed E-state index contributed by atoms with van der Waals surface area (Å²) < 4.78 is 4.95. The Morgan fingerprint density at radius 1 is 0.900 bits per heavy atom. The van der Waals surface area contributed by atoms with Crippen molar-refractivity contribution in [3.05, 3.63) is 0 Å². The maximum atomic E-state index is 8.69. The average molecular weight is 448 g/mol. The zero-order chi connectivity index (χ0) is 14.4. The van der Waals surface area contributed by atoms with E-state index in [2.05, 4.69) is 0 Å². The van der Waals surface area contributed by atoms with Gasteiger partial charge in [0.1, 0.15) is 0 Å². The monoisotopic (exact) mass is 444 g/mol. The Kier molecular flexibility index (Phi) is 54.2. The second-order valence-electron chi connectivity index (χ2n) is 2.75. The summed E-state index contributed by atoms with van der Waals surface area (Å²) in [7, 11) is -5.83. The van der Waals surface area contributed by atoms with Gasteiger partial charge >= 0.3 is 58.4 Å². The van der Waals surface area contributed by atoms with Crippen molar-refractivity contribution in [1.82, 2.24) is 0 Å². The largest absolute Gasteiger partial charge is 2.00 e. The number of rotatable bonds is 4. The number of aliphatic hydroxyl groups is 2. The summed E-state index contributed by atoms with van der Waals surface area (Å²) in [6, 6.07) is 0. The van der Waals surface area contributed by atoms with Gasteiger partial charge in [-0.25, -0.2) is 0 Å². The summed E-state index contributed by atoms with van der Waals surface area (Å²) in [5.41, 5.74) is 0. The Labute approximate surface area is 157 Å². The maximum absolute atomic E-state index is 8.69. The van der Waals surface area contributed by atoms with Crippen LogP contribution in [0.3, 0.4) is 0 Å². The predicted molar refractivity (Wildman–Crippen MR) is 45.7 cm³/mol. The number of ether oxygens (including phenoxy) is 1. The molecule has 0 spiro atoms. The SMILES string of the molecule is CC(O)COC(C)CO.[O-]B([O-])[O-].[O-]B([O-])[O-].[Zn+2].[Zn+2].[Zn+2]. The van der Waals surface area contributed by atoms with Gasteiger partial charge in [0.05, 0.1) is 25.4 Å². The molecule has 0 saturated carbocycles. The Balaban J connectivity index is -0.0000000386. The molecule has 0 radical (unpaired) electrons. The molecule has 0 heterocycles. The molecule has 0 fully saturated rings. The molecule has 0 aromatic heterocycles. The molecular weight excluding hydrogens is 434 g/mol. The van der Waals surface area contributed by atoms with Gasteiger partial charge in [-0.1, -0.05) is 0 Å². The molecule has 14 heteroatoms. The van der Waals surface area contributed by atoms with Crippen molar-refractivity contribution in [2.24, 2.45) is 0 Å². The van der Waals surface area contributed by atoms with Gasteiger partial charge in [-0.3, -0.25) is 14.6 Å². The van der Waals surface area contributed by atoms with Crippen LogP contribution >= 0.6 is 0 Å². The van der Waals surface area contributed by atoms with Crippen molar-refractivity contribution >= 4 is 14.6 Å². The van der Waals surface area contributed by atoms with Crippen LogP contribution in [0.5, 0.6) is 0 Å². The van der Waals surface area contributed by atoms with E-state index >= 15 is 0 Å². The molecule has 2 N–H and O–H groups in total. The molecule has 0 aromatic carbocycles. The van der Waals surface area contributed by atoms with Crippen molar-refractivity contribution in [2.75, 3.05) is 13.2 Å². The van der Waals surface area contributed by atoms with Crippen LogP contribution in [0.4, 0.5) is 0 Å². The van der Waals surface area contributed by atoms with E-state index in [9.17, 15) is 0 Å². The van der Waals surface area contributed by atoms with Crippen LogP contribution in [-0.4, -0.2) is 50.3 Å². The Morgan fingerprint density at radius 3 is 1.30 bits per heavy atom. The van der Waals surface area contributed by atoms with Gasteiger partial charge in [0.15, 0.2) is 0 Å². The first-order valence-electron chi connectivity index (χ1n) is 4.48. The fourth-order valence-corrected chi connectivity index (χ4v) is 0.356. The van der Waals surface area contributed by atoms with Crippen molar-refractivity contribution in [1.29, 1.82) is 0 Å². The van der Waals surface area contributed by atoms with E-state index < -0.39 is 20.7 Å². The zero-order valence-electron chi connectivity index (χ0n) is 11.6. The fraction of sp³-hybridized carbons (Fsp3) is 1.00. The zero-order valence-corrected chi connectivity index (χ0v) is 20.5. The third-order valence-corrected chi connectivity index (χ3v) is 0.879. The Morgan fingerprint density at radius 2 is 1.15 bits per heavy atom. The van der Waals surface area contributed by atoms with Crippen LogP contribution in [0.25, 0.3) is 0 Å². The van der Waals surface area contributed by atoms with Crippen molar-refractivity contribution in [3.63, 3.8) is 0 Å². The molecular formula is C6H14B2O9Zn3. The summed E-state index contributed by atoms with van der Waals surface area (Å²) >= 11 is 0. The van der Waals surface area contributed by atoms with Gasteiger partial charge in [-0.05, 0) is 13.8 Å². The minimum atomic E-state index is -2.92. The van der Waals surface area contributed by atoms with E-state index in [0.29, 0.717) is 6.61 Å². The molecule has 2 atom stereocenters. The molecule has 20 heavy (non-hydrogen) atoms. The molecule has 0 aliphatic carbocycles. The van der Waals surface area contributed by atoms with Gasteiger partial charge in [-0.15, -0.1) is 0 Å². The van der Waals surface area contributed by atoms with Gasteiger partial charge in [0.2, 0.25) is 0 Å². The minimum absolute atomic E-state index is 0. The van der Waals surface area contributed by atoms with E-state index in [-0.39, 0.29) is 71.1 Å². The molecule has 9 nitrogen and oxygen atoms in total. The Hall–Kier alpha value is 1.64. The van der Waals surface area contributed by atoms with Crippen molar-refractivity contribution in [3.8, 4) is 0 Å². The first-order chi connectivity index (χ1) is 7.63. The average Bonchev–Trinajstić information content (AvgIpc) is 2.12. The van der Waals surface area contributed by atoms with Gasteiger partial charge in [0.25, 0.3) is 0 Å². The van der Waals surface area contributed by atoms with E-state index in [1.807, 2.05) is 0 Å². The van der Waals surface area contributed by atoms with Crippen molar-refractivity contribution < 1.29 is 104 Å². The second-order valence-corrected chi connectivity index (χ2v) is 2.75. The summed E-state index contributed by atoms with van der Waals surface area (Å²) in [4.78, 5) is 0. The third-order valence-electron chi connectivity index (χ3n) is 0.879. The second kappa shape index (κ2) is 28.8. The molecule has 0 aliphatic heterocycles. The van der Waals surface area contributed by atoms with Gasteiger partial charge in [-0.2, -0.15) is 0 Å². The van der Waals surface area contributed by atoms with Crippen LogP contribution in [0.1, 0.15) is 13.8 Å². The smallest absolute Gasteiger partial charge is 0.907 e.